The lowest BCUT2D eigenvalue weighted by atomic mass is 10.2. The molecule has 0 saturated carbocycles. The first kappa shape index (κ1) is 15.6. The van der Waals surface area contributed by atoms with Crippen molar-refractivity contribution in [1.29, 1.82) is 0 Å². The average Bonchev–Trinajstić information content (AvgIpc) is 2.45. The third-order valence-corrected chi connectivity index (χ3v) is 3.48. The lowest BCUT2D eigenvalue weighted by molar-refractivity contribution is -0.0328. The smallest absolute Gasteiger partial charge is 0.446 e. The Kier molecular flexibility index (Phi) is 5.01. The highest BCUT2D eigenvalue weighted by Crippen LogP contribution is 2.37. The van der Waals surface area contributed by atoms with E-state index in [1.54, 1.807) is 19.2 Å². The average molecular weight is 313 g/mol. The Labute approximate surface area is 125 Å². The monoisotopic (exact) mass is 313 g/mol. The van der Waals surface area contributed by atoms with E-state index in [1.807, 2.05) is 24.3 Å². The van der Waals surface area contributed by atoms with Crippen LogP contribution in [0.5, 0.6) is 5.75 Å². The first-order valence-electron chi connectivity index (χ1n) is 6.19. The number of nitrogens with one attached hydrogen (secondary N) is 1. The molecule has 0 atom stereocenters. The van der Waals surface area contributed by atoms with Crippen LogP contribution in [0.4, 0.5) is 18.9 Å². The lowest BCUT2D eigenvalue weighted by Gasteiger charge is -2.09. The SMILES string of the molecule is COc1ccc(CNc2ccc(SC(F)(F)F)cc2)cc1. The van der Waals surface area contributed by atoms with Crippen molar-refractivity contribution >= 4 is 17.4 Å². The van der Waals surface area contributed by atoms with E-state index in [2.05, 4.69) is 5.32 Å². The Morgan fingerprint density at radius 1 is 1.00 bits per heavy atom. The molecule has 2 rings (SSSR count). The molecule has 0 bridgehead atoms. The Bertz CT molecular complexity index is 567. The molecule has 0 aliphatic carbocycles. The van der Waals surface area contributed by atoms with Gasteiger partial charge >= 0.3 is 5.51 Å². The summed E-state index contributed by atoms with van der Waals surface area (Å²) in [7, 11) is 1.60. The van der Waals surface area contributed by atoms with Crippen molar-refractivity contribution < 1.29 is 17.9 Å². The number of hydrogen-bond acceptors (Lipinski definition) is 3. The van der Waals surface area contributed by atoms with Gasteiger partial charge in [-0.15, -0.1) is 0 Å². The molecular weight excluding hydrogens is 299 g/mol. The molecule has 6 heteroatoms. The van der Waals surface area contributed by atoms with Gasteiger partial charge in [0.1, 0.15) is 5.75 Å². The summed E-state index contributed by atoms with van der Waals surface area (Å²) in [5, 5.41) is 3.16. The fourth-order valence-electron chi connectivity index (χ4n) is 1.72. The number of hydrogen-bond donors (Lipinski definition) is 1. The molecule has 0 spiro atoms. The van der Waals surface area contributed by atoms with Gasteiger partial charge in [0.15, 0.2) is 0 Å². The van der Waals surface area contributed by atoms with Crippen LogP contribution in [0.3, 0.4) is 0 Å². The molecule has 21 heavy (non-hydrogen) atoms. The van der Waals surface area contributed by atoms with Crippen LogP contribution in [-0.4, -0.2) is 12.6 Å². The van der Waals surface area contributed by atoms with Crippen molar-refractivity contribution in [3.05, 3.63) is 54.1 Å². The van der Waals surface area contributed by atoms with Gasteiger partial charge in [0.25, 0.3) is 0 Å². The van der Waals surface area contributed by atoms with Crippen LogP contribution in [0.1, 0.15) is 5.56 Å². The van der Waals surface area contributed by atoms with Crippen molar-refractivity contribution in [3.63, 3.8) is 0 Å². The normalized spacial score (nSPS) is 11.2. The predicted octanol–water partition coefficient (Wildman–Crippen LogP) is 4.92. The number of alkyl halides is 3. The largest absolute Gasteiger partial charge is 0.497 e. The minimum atomic E-state index is -4.25. The fourth-order valence-corrected chi connectivity index (χ4v) is 2.26. The Morgan fingerprint density at radius 3 is 2.14 bits per heavy atom. The van der Waals surface area contributed by atoms with E-state index in [1.165, 1.54) is 12.1 Å². The lowest BCUT2D eigenvalue weighted by Crippen LogP contribution is -2.00. The summed E-state index contributed by atoms with van der Waals surface area (Å²) in [6.07, 6.45) is 0. The molecular formula is C15H14F3NOS. The van der Waals surface area contributed by atoms with E-state index in [0.717, 1.165) is 17.0 Å². The third kappa shape index (κ3) is 5.23. The molecule has 0 heterocycles. The first-order chi connectivity index (χ1) is 9.96. The summed E-state index contributed by atoms with van der Waals surface area (Å²) in [6.45, 7) is 0.593. The third-order valence-electron chi connectivity index (χ3n) is 2.74. The standard InChI is InChI=1S/C15H14F3NOS/c1-20-13-6-2-11(3-7-13)10-19-12-4-8-14(9-5-12)21-15(16,17)18/h2-9,19H,10H2,1H3. The maximum Gasteiger partial charge on any atom is 0.446 e. The van der Waals surface area contributed by atoms with Crippen molar-refractivity contribution in [2.45, 2.75) is 16.9 Å². The summed E-state index contributed by atoms with van der Waals surface area (Å²) < 4.78 is 41.7. The molecule has 0 aliphatic rings. The van der Waals surface area contributed by atoms with Gasteiger partial charge in [0.2, 0.25) is 0 Å². The Morgan fingerprint density at radius 2 is 1.62 bits per heavy atom. The zero-order valence-electron chi connectivity index (χ0n) is 11.3. The van der Waals surface area contributed by atoms with Gasteiger partial charge < -0.3 is 10.1 Å². The van der Waals surface area contributed by atoms with Crippen LogP contribution in [0, 0.1) is 0 Å². The van der Waals surface area contributed by atoms with Crippen molar-refractivity contribution in [2.75, 3.05) is 12.4 Å². The molecule has 0 radical (unpaired) electrons. The number of benzene rings is 2. The van der Waals surface area contributed by atoms with Crippen LogP contribution >= 0.6 is 11.8 Å². The van der Waals surface area contributed by atoms with Crippen LogP contribution in [0.2, 0.25) is 0 Å². The molecule has 0 amide bonds. The molecule has 1 N–H and O–H groups in total. The number of rotatable bonds is 5. The highest BCUT2D eigenvalue weighted by Gasteiger charge is 2.28. The maximum atomic E-state index is 12.2. The van der Waals surface area contributed by atoms with E-state index >= 15 is 0 Å². The number of thioether (sulfide) groups is 1. The molecule has 0 aliphatic heterocycles. The van der Waals surface area contributed by atoms with E-state index in [9.17, 15) is 13.2 Å². The number of halogens is 3. The van der Waals surface area contributed by atoms with Gasteiger partial charge in [-0.3, -0.25) is 0 Å². The summed E-state index contributed by atoms with van der Waals surface area (Å²) in [4.78, 5) is 0.178. The highest BCUT2D eigenvalue weighted by molar-refractivity contribution is 8.00. The van der Waals surface area contributed by atoms with Crippen molar-refractivity contribution in [2.24, 2.45) is 0 Å². The fraction of sp³-hybridized carbons (Fsp3) is 0.200. The van der Waals surface area contributed by atoms with Crippen LogP contribution in [0.25, 0.3) is 0 Å². The van der Waals surface area contributed by atoms with Gasteiger partial charge in [-0.05, 0) is 53.7 Å². The minimum Gasteiger partial charge on any atom is -0.497 e. The molecule has 0 saturated heterocycles. The van der Waals surface area contributed by atoms with Crippen LogP contribution < -0.4 is 10.1 Å². The molecule has 0 fully saturated rings. The second kappa shape index (κ2) is 6.76. The minimum absolute atomic E-state index is 0.114. The number of methoxy groups -OCH3 is 1. The van der Waals surface area contributed by atoms with E-state index < -0.39 is 5.51 Å². The van der Waals surface area contributed by atoms with E-state index in [0.29, 0.717) is 6.54 Å². The molecule has 112 valence electrons. The van der Waals surface area contributed by atoms with Gasteiger partial charge in [0, 0.05) is 17.1 Å². The van der Waals surface area contributed by atoms with Gasteiger partial charge in [-0.25, -0.2) is 0 Å². The summed E-state index contributed by atoms with van der Waals surface area (Å²) in [5.74, 6) is 0.785. The van der Waals surface area contributed by atoms with E-state index in [4.69, 9.17) is 4.74 Å². The van der Waals surface area contributed by atoms with Crippen LogP contribution in [-0.2, 0) is 6.54 Å². The summed E-state index contributed by atoms with van der Waals surface area (Å²) in [5.41, 5.74) is -2.42. The predicted molar refractivity (Wildman–Crippen MR) is 78.7 cm³/mol. The topological polar surface area (TPSA) is 21.3 Å². The van der Waals surface area contributed by atoms with Crippen molar-refractivity contribution in [1.82, 2.24) is 0 Å². The first-order valence-corrected chi connectivity index (χ1v) is 7.00. The van der Waals surface area contributed by atoms with Gasteiger partial charge in [-0.2, -0.15) is 13.2 Å². The maximum absolute atomic E-state index is 12.2. The van der Waals surface area contributed by atoms with Crippen molar-refractivity contribution in [3.8, 4) is 5.75 Å². The summed E-state index contributed by atoms with van der Waals surface area (Å²) in [6, 6.07) is 13.8. The second-order valence-corrected chi connectivity index (χ2v) is 5.41. The Hall–Kier alpha value is -1.82. The molecule has 0 aromatic heterocycles. The quantitative estimate of drug-likeness (QED) is 0.792. The van der Waals surface area contributed by atoms with Crippen LogP contribution in [0.15, 0.2) is 53.4 Å². The second-order valence-electron chi connectivity index (χ2n) is 4.27. The summed E-state index contributed by atoms with van der Waals surface area (Å²) >= 11 is -0.114. The molecule has 2 nitrogen and oxygen atoms in total. The molecule has 2 aromatic carbocycles. The highest BCUT2D eigenvalue weighted by atomic mass is 32.2. The molecule has 2 aromatic rings. The number of anilines is 1. The number of ether oxygens (including phenoxy) is 1. The Balaban J connectivity index is 1.91. The zero-order chi connectivity index (χ0) is 15.3. The zero-order valence-corrected chi connectivity index (χ0v) is 12.1. The van der Waals surface area contributed by atoms with E-state index in [-0.39, 0.29) is 16.7 Å². The van der Waals surface area contributed by atoms with Gasteiger partial charge in [-0.1, -0.05) is 12.1 Å². The van der Waals surface area contributed by atoms with Gasteiger partial charge in [0.05, 0.1) is 7.11 Å². The molecule has 0 unspecified atom stereocenters.